The summed E-state index contributed by atoms with van der Waals surface area (Å²) in [6.45, 7) is -0.379. The summed E-state index contributed by atoms with van der Waals surface area (Å²) in [4.78, 5) is 1.31. The van der Waals surface area contributed by atoms with Crippen molar-refractivity contribution in [1.82, 2.24) is 25.6 Å². The molecular weight excluding hydrogens is 427 g/mol. The Bertz CT molecular complexity index is 1040. The molecule has 0 radical (unpaired) electrons. The number of benzene rings is 1. The monoisotopic (exact) mass is 449 g/mol. The van der Waals surface area contributed by atoms with Crippen molar-refractivity contribution in [2.45, 2.75) is 43.1 Å². The van der Waals surface area contributed by atoms with Crippen LogP contribution in [0, 0.1) is 0 Å². The van der Waals surface area contributed by atoms with Gasteiger partial charge in [0.25, 0.3) is 0 Å². The molecule has 8 nitrogen and oxygen atoms in total. The smallest absolute Gasteiger partial charge is 0.401 e. The summed E-state index contributed by atoms with van der Waals surface area (Å²) in [5, 5.41) is 25.6. The highest BCUT2D eigenvalue weighted by Crippen LogP contribution is 2.38. The van der Waals surface area contributed by atoms with Crippen molar-refractivity contribution in [3.05, 3.63) is 53.9 Å². The van der Waals surface area contributed by atoms with Crippen molar-refractivity contribution in [3.63, 3.8) is 0 Å². The fourth-order valence-electron chi connectivity index (χ4n) is 4.11. The van der Waals surface area contributed by atoms with Gasteiger partial charge in [-0.25, -0.2) is 0 Å². The van der Waals surface area contributed by atoms with E-state index in [1.807, 2.05) is 30.3 Å². The molecule has 2 aromatic heterocycles. The normalized spacial score (nSPS) is 23.0. The minimum atomic E-state index is -4.20. The lowest BCUT2D eigenvalue weighted by Crippen LogP contribution is -2.49. The molecule has 1 aliphatic heterocycles. The molecule has 1 atom stereocenters. The summed E-state index contributed by atoms with van der Waals surface area (Å²) in [6, 6.07) is 11.3. The fourth-order valence-corrected chi connectivity index (χ4v) is 4.11. The number of hydrogen-bond donors (Lipinski definition) is 2. The van der Waals surface area contributed by atoms with Crippen LogP contribution in [0.15, 0.2) is 45.3 Å². The lowest BCUT2D eigenvalue weighted by Gasteiger charge is -2.37. The summed E-state index contributed by atoms with van der Waals surface area (Å²) >= 11 is 0. The molecule has 1 saturated carbocycles. The molecule has 5 rings (SSSR count). The van der Waals surface area contributed by atoms with Gasteiger partial charge >= 0.3 is 6.18 Å². The third-order valence-corrected chi connectivity index (χ3v) is 5.91. The van der Waals surface area contributed by atoms with E-state index in [-0.39, 0.29) is 31.0 Å². The van der Waals surface area contributed by atoms with Crippen LogP contribution in [-0.4, -0.2) is 57.2 Å². The Morgan fingerprint density at radius 3 is 2.47 bits per heavy atom. The molecule has 3 heterocycles. The summed E-state index contributed by atoms with van der Waals surface area (Å²) in [6.07, 6.45) is -3.79. The van der Waals surface area contributed by atoms with E-state index in [1.54, 1.807) is 6.07 Å². The fraction of sp³-hybridized carbons (Fsp3) is 0.476. The largest absolute Gasteiger partial charge is 0.425 e. The quantitative estimate of drug-likeness (QED) is 0.531. The summed E-state index contributed by atoms with van der Waals surface area (Å²) in [5.41, 5.74) is 1.55. The van der Waals surface area contributed by atoms with Crippen LogP contribution >= 0.6 is 0 Å². The van der Waals surface area contributed by atoms with Crippen molar-refractivity contribution < 1.29 is 27.2 Å². The van der Waals surface area contributed by atoms with Gasteiger partial charge in [0.1, 0.15) is 5.69 Å². The number of nitrogens with one attached hydrogen (secondary N) is 1. The van der Waals surface area contributed by atoms with Gasteiger partial charge in [0.05, 0.1) is 12.5 Å². The number of nitrogens with zero attached hydrogens (tertiary/aromatic N) is 4. The highest BCUT2D eigenvalue weighted by molar-refractivity contribution is 5.58. The Morgan fingerprint density at radius 1 is 1.09 bits per heavy atom. The van der Waals surface area contributed by atoms with E-state index in [1.165, 1.54) is 4.90 Å². The molecule has 2 N–H and O–H groups in total. The first-order valence-electron chi connectivity index (χ1n) is 10.4. The van der Waals surface area contributed by atoms with Gasteiger partial charge in [-0.15, -0.1) is 10.2 Å². The molecule has 0 bridgehead atoms. The van der Waals surface area contributed by atoms with E-state index in [0.29, 0.717) is 36.1 Å². The average Bonchev–Trinajstić information content (AvgIpc) is 3.36. The predicted octanol–water partition coefficient (Wildman–Crippen LogP) is 3.21. The van der Waals surface area contributed by atoms with E-state index in [4.69, 9.17) is 8.94 Å². The van der Waals surface area contributed by atoms with Crippen molar-refractivity contribution in [3.8, 4) is 11.3 Å². The van der Waals surface area contributed by atoms with Crippen LogP contribution in [0.25, 0.3) is 11.3 Å². The zero-order valence-electron chi connectivity index (χ0n) is 17.0. The van der Waals surface area contributed by atoms with Crippen LogP contribution in [0.3, 0.4) is 0 Å². The maximum absolute atomic E-state index is 12.4. The van der Waals surface area contributed by atoms with E-state index in [2.05, 4.69) is 20.7 Å². The van der Waals surface area contributed by atoms with Gasteiger partial charge in [-0.05, 0) is 12.8 Å². The minimum Gasteiger partial charge on any atom is -0.425 e. The Labute approximate surface area is 181 Å². The molecular formula is C21H22F3N5O3. The van der Waals surface area contributed by atoms with Crippen molar-refractivity contribution in [2.24, 2.45) is 0 Å². The van der Waals surface area contributed by atoms with E-state index in [0.717, 1.165) is 5.56 Å². The molecule has 170 valence electrons. The number of aromatic nitrogens is 3. The standard InChI is InChI=1S/C21H22F3N5O3/c22-21(23,24)11-29-9-14(10-29)20-27-26-19(31-20)13-6-15(7-13)25-18(30)17-8-16(28-32-17)12-4-2-1-3-5-12/h1-5,8,13-15,18,25,30H,6-7,9-11H2/t13-,15-,18?. The third-order valence-electron chi connectivity index (χ3n) is 5.91. The molecule has 1 aromatic carbocycles. The van der Waals surface area contributed by atoms with Crippen LogP contribution in [0.2, 0.25) is 0 Å². The molecule has 1 aliphatic carbocycles. The van der Waals surface area contributed by atoms with Gasteiger partial charge in [0, 0.05) is 36.7 Å². The topological polar surface area (TPSA) is 100 Å². The van der Waals surface area contributed by atoms with Crippen LogP contribution in [0.4, 0.5) is 13.2 Å². The minimum absolute atomic E-state index is 0.0432. The highest BCUT2D eigenvalue weighted by atomic mass is 19.4. The number of rotatable bonds is 7. The molecule has 1 saturated heterocycles. The SMILES string of the molecule is OC(N[C@H]1C[C@H](c2nnc(C3CN(CC(F)(F)F)C3)o2)C1)c1cc(-c2ccccc2)no1. The summed E-state index contributed by atoms with van der Waals surface area (Å²) in [5.74, 6) is 1.13. The molecule has 11 heteroatoms. The lowest BCUT2D eigenvalue weighted by molar-refractivity contribution is -0.155. The van der Waals surface area contributed by atoms with E-state index in [9.17, 15) is 18.3 Å². The van der Waals surface area contributed by atoms with Crippen molar-refractivity contribution in [2.75, 3.05) is 19.6 Å². The Hall–Kier alpha value is -2.76. The van der Waals surface area contributed by atoms with E-state index >= 15 is 0 Å². The van der Waals surface area contributed by atoms with Crippen LogP contribution in [-0.2, 0) is 0 Å². The Morgan fingerprint density at radius 2 is 1.78 bits per heavy atom. The second-order valence-corrected chi connectivity index (χ2v) is 8.40. The van der Waals surface area contributed by atoms with Crippen molar-refractivity contribution in [1.29, 1.82) is 0 Å². The number of likely N-dealkylation sites (tertiary alicyclic amines) is 1. The highest BCUT2D eigenvalue weighted by Gasteiger charge is 2.41. The van der Waals surface area contributed by atoms with Gasteiger partial charge in [-0.1, -0.05) is 35.5 Å². The van der Waals surface area contributed by atoms with Gasteiger partial charge in [0.15, 0.2) is 12.0 Å². The molecule has 32 heavy (non-hydrogen) atoms. The van der Waals surface area contributed by atoms with Gasteiger partial charge in [0.2, 0.25) is 11.8 Å². The van der Waals surface area contributed by atoms with Gasteiger partial charge < -0.3 is 14.0 Å². The molecule has 2 fully saturated rings. The van der Waals surface area contributed by atoms with Gasteiger partial charge in [-0.2, -0.15) is 13.2 Å². The zero-order valence-corrected chi connectivity index (χ0v) is 17.0. The molecule has 3 aromatic rings. The maximum atomic E-state index is 12.4. The summed E-state index contributed by atoms with van der Waals surface area (Å²) < 4.78 is 48.2. The first kappa shape index (κ1) is 21.1. The lowest BCUT2D eigenvalue weighted by atomic mass is 9.80. The average molecular weight is 449 g/mol. The number of aliphatic hydroxyl groups excluding tert-OH is 1. The van der Waals surface area contributed by atoms with Gasteiger partial charge in [-0.3, -0.25) is 10.2 Å². The zero-order chi connectivity index (χ0) is 22.3. The molecule has 0 amide bonds. The number of hydrogen-bond acceptors (Lipinski definition) is 8. The number of aliphatic hydroxyl groups is 1. The Balaban J connectivity index is 1.09. The first-order chi connectivity index (χ1) is 15.3. The molecule has 2 aliphatic rings. The van der Waals surface area contributed by atoms with Crippen LogP contribution < -0.4 is 5.32 Å². The predicted molar refractivity (Wildman–Crippen MR) is 105 cm³/mol. The third kappa shape index (κ3) is 4.54. The number of alkyl halides is 3. The van der Waals surface area contributed by atoms with Crippen LogP contribution in [0.1, 0.15) is 48.4 Å². The Kier molecular flexibility index (Phi) is 5.48. The second kappa shape index (κ2) is 8.30. The molecule has 0 spiro atoms. The van der Waals surface area contributed by atoms with E-state index < -0.39 is 18.9 Å². The first-order valence-corrected chi connectivity index (χ1v) is 10.4. The molecule has 1 unspecified atom stereocenters. The summed E-state index contributed by atoms with van der Waals surface area (Å²) in [7, 11) is 0. The number of halogens is 3. The second-order valence-electron chi connectivity index (χ2n) is 8.40. The maximum Gasteiger partial charge on any atom is 0.401 e. The van der Waals surface area contributed by atoms with Crippen LogP contribution in [0.5, 0.6) is 0 Å². The van der Waals surface area contributed by atoms with Crippen molar-refractivity contribution >= 4 is 0 Å².